The average Bonchev–Trinajstić information content (AvgIpc) is 3.36. The summed E-state index contributed by atoms with van der Waals surface area (Å²) in [7, 11) is 0. The molecule has 1 saturated carbocycles. The molecule has 0 spiro atoms. The number of guanidine groups is 1. The van der Waals surface area contributed by atoms with E-state index in [1.165, 1.54) is 24.8 Å². The quantitative estimate of drug-likeness (QED) is 0.552. The molecular weight excluding hydrogens is 380 g/mol. The van der Waals surface area contributed by atoms with E-state index in [1.54, 1.807) is 0 Å². The van der Waals surface area contributed by atoms with E-state index in [9.17, 15) is 0 Å². The highest BCUT2D eigenvalue weighted by Gasteiger charge is 2.35. The maximum Gasteiger partial charge on any atom is 0.231 e. The maximum atomic E-state index is 5.67. The Kier molecular flexibility index (Phi) is 6.16. The van der Waals surface area contributed by atoms with Crippen LogP contribution in [-0.2, 0) is 12.0 Å². The van der Waals surface area contributed by atoms with Crippen molar-refractivity contribution in [2.75, 3.05) is 19.9 Å². The summed E-state index contributed by atoms with van der Waals surface area (Å²) in [4.78, 5) is 9.13. The van der Waals surface area contributed by atoms with Crippen molar-refractivity contribution in [1.29, 1.82) is 0 Å². The predicted octanol–water partition coefficient (Wildman–Crippen LogP) is 3.98. The molecule has 0 saturated heterocycles. The summed E-state index contributed by atoms with van der Waals surface area (Å²) >= 11 is 0. The Labute approximate surface area is 178 Å². The van der Waals surface area contributed by atoms with Crippen molar-refractivity contribution in [1.82, 2.24) is 15.6 Å². The van der Waals surface area contributed by atoms with E-state index >= 15 is 0 Å². The van der Waals surface area contributed by atoms with E-state index < -0.39 is 0 Å². The van der Waals surface area contributed by atoms with Crippen LogP contribution in [0.25, 0.3) is 0 Å². The molecule has 1 aromatic heterocycles. The van der Waals surface area contributed by atoms with Gasteiger partial charge in [-0.2, -0.15) is 0 Å². The Morgan fingerprint density at radius 1 is 1.10 bits per heavy atom. The van der Waals surface area contributed by atoms with Gasteiger partial charge in [-0.1, -0.05) is 25.3 Å². The van der Waals surface area contributed by atoms with Crippen LogP contribution in [0.15, 0.2) is 27.6 Å². The van der Waals surface area contributed by atoms with Crippen molar-refractivity contribution < 1.29 is 13.9 Å². The van der Waals surface area contributed by atoms with E-state index in [2.05, 4.69) is 34.7 Å². The third-order valence-corrected chi connectivity index (χ3v) is 6.18. The SMILES string of the molecule is CCNC(=NCc1nc(C)c(C)o1)NCC1(c2ccc3c(c2)OCO3)CCCCC1. The number of benzene rings is 1. The molecule has 162 valence electrons. The van der Waals surface area contributed by atoms with Crippen LogP contribution in [0.5, 0.6) is 11.5 Å². The molecular formula is C23H32N4O3. The van der Waals surface area contributed by atoms with Crippen LogP contribution in [0.3, 0.4) is 0 Å². The Bertz CT molecular complexity index is 880. The Morgan fingerprint density at radius 2 is 1.90 bits per heavy atom. The minimum absolute atomic E-state index is 0.0610. The summed E-state index contributed by atoms with van der Waals surface area (Å²) in [6.07, 6.45) is 6.06. The lowest BCUT2D eigenvalue weighted by atomic mass is 9.69. The van der Waals surface area contributed by atoms with Crippen molar-refractivity contribution in [3.05, 3.63) is 41.1 Å². The number of hydrogen-bond acceptors (Lipinski definition) is 5. The lowest BCUT2D eigenvalue weighted by molar-refractivity contribution is 0.174. The van der Waals surface area contributed by atoms with Crippen molar-refractivity contribution >= 4 is 5.96 Å². The first-order valence-corrected chi connectivity index (χ1v) is 10.9. The van der Waals surface area contributed by atoms with E-state index in [4.69, 9.17) is 18.9 Å². The lowest BCUT2D eigenvalue weighted by Gasteiger charge is -2.38. The molecule has 7 heteroatoms. The maximum absolute atomic E-state index is 5.67. The molecule has 0 amide bonds. The van der Waals surface area contributed by atoms with Gasteiger partial charge in [0.05, 0.1) is 5.69 Å². The van der Waals surface area contributed by atoms with Gasteiger partial charge in [0.1, 0.15) is 12.3 Å². The fourth-order valence-electron chi connectivity index (χ4n) is 4.37. The molecule has 0 unspecified atom stereocenters. The molecule has 1 aliphatic carbocycles. The molecule has 0 radical (unpaired) electrons. The summed E-state index contributed by atoms with van der Waals surface area (Å²) < 4.78 is 16.8. The molecule has 0 atom stereocenters. The molecule has 2 aromatic rings. The van der Waals surface area contributed by atoms with Crippen LogP contribution < -0.4 is 20.1 Å². The van der Waals surface area contributed by atoms with Gasteiger partial charge in [-0.05, 0) is 51.3 Å². The van der Waals surface area contributed by atoms with E-state index in [-0.39, 0.29) is 5.41 Å². The zero-order valence-corrected chi connectivity index (χ0v) is 18.2. The molecule has 1 aliphatic heterocycles. The minimum Gasteiger partial charge on any atom is -0.454 e. The molecule has 1 aromatic carbocycles. The second-order valence-corrected chi connectivity index (χ2v) is 8.21. The molecule has 7 nitrogen and oxygen atoms in total. The fourth-order valence-corrected chi connectivity index (χ4v) is 4.37. The van der Waals surface area contributed by atoms with Gasteiger partial charge in [0.2, 0.25) is 12.7 Å². The zero-order valence-electron chi connectivity index (χ0n) is 18.2. The molecule has 4 rings (SSSR count). The van der Waals surface area contributed by atoms with Gasteiger partial charge in [-0.15, -0.1) is 0 Å². The number of hydrogen-bond donors (Lipinski definition) is 2. The zero-order chi connectivity index (χ0) is 21.0. The monoisotopic (exact) mass is 412 g/mol. The third-order valence-electron chi connectivity index (χ3n) is 6.18. The van der Waals surface area contributed by atoms with Gasteiger partial charge in [0, 0.05) is 18.5 Å². The smallest absolute Gasteiger partial charge is 0.231 e. The first-order valence-electron chi connectivity index (χ1n) is 10.9. The van der Waals surface area contributed by atoms with Crippen LogP contribution in [-0.4, -0.2) is 30.8 Å². The minimum atomic E-state index is 0.0610. The van der Waals surface area contributed by atoms with Crippen LogP contribution in [0.4, 0.5) is 0 Å². The number of ether oxygens (including phenoxy) is 2. The van der Waals surface area contributed by atoms with E-state index in [0.29, 0.717) is 19.2 Å². The highest BCUT2D eigenvalue weighted by atomic mass is 16.7. The van der Waals surface area contributed by atoms with Gasteiger partial charge in [0.15, 0.2) is 17.5 Å². The van der Waals surface area contributed by atoms with E-state index in [0.717, 1.165) is 54.8 Å². The topological polar surface area (TPSA) is 80.9 Å². The van der Waals surface area contributed by atoms with Crippen molar-refractivity contribution in [3.63, 3.8) is 0 Å². The Hall–Kier alpha value is -2.70. The summed E-state index contributed by atoms with van der Waals surface area (Å²) in [6.45, 7) is 8.30. The van der Waals surface area contributed by atoms with E-state index in [1.807, 2.05) is 19.9 Å². The number of oxazole rings is 1. The molecule has 2 heterocycles. The largest absolute Gasteiger partial charge is 0.454 e. The number of rotatable bonds is 6. The van der Waals surface area contributed by atoms with Gasteiger partial charge in [-0.3, -0.25) is 0 Å². The molecule has 2 N–H and O–H groups in total. The van der Waals surface area contributed by atoms with Crippen LogP contribution >= 0.6 is 0 Å². The second-order valence-electron chi connectivity index (χ2n) is 8.21. The van der Waals surface area contributed by atoms with Crippen LogP contribution in [0.1, 0.15) is 61.9 Å². The Morgan fingerprint density at radius 3 is 2.63 bits per heavy atom. The number of aryl methyl sites for hydroxylation is 2. The van der Waals surface area contributed by atoms with Crippen molar-refractivity contribution in [3.8, 4) is 11.5 Å². The average molecular weight is 413 g/mol. The summed E-state index contributed by atoms with van der Waals surface area (Å²) in [6, 6.07) is 6.40. The first-order chi connectivity index (χ1) is 14.6. The van der Waals surface area contributed by atoms with Crippen molar-refractivity contribution in [2.45, 2.75) is 64.8 Å². The Balaban J connectivity index is 1.51. The highest BCUT2D eigenvalue weighted by Crippen LogP contribution is 2.43. The fraction of sp³-hybridized carbons (Fsp3) is 0.565. The highest BCUT2D eigenvalue weighted by molar-refractivity contribution is 5.79. The van der Waals surface area contributed by atoms with Gasteiger partial charge in [-0.25, -0.2) is 9.98 Å². The van der Waals surface area contributed by atoms with Crippen LogP contribution in [0.2, 0.25) is 0 Å². The van der Waals surface area contributed by atoms with Crippen LogP contribution in [0, 0.1) is 13.8 Å². The summed E-state index contributed by atoms with van der Waals surface area (Å²) in [5.41, 5.74) is 2.29. The number of nitrogens with one attached hydrogen (secondary N) is 2. The standard InChI is InChI=1S/C23H32N4O3/c1-4-24-22(25-13-21-27-16(2)17(3)30-21)26-14-23(10-6-5-7-11-23)18-8-9-19-20(12-18)29-15-28-19/h8-9,12H,4-7,10-11,13-15H2,1-3H3,(H2,24,25,26). The predicted molar refractivity (Wildman–Crippen MR) is 116 cm³/mol. The molecule has 30 heavy (non-hydrogen) atoms. The normalized spacial score (nSPS) is 17.8. The number of aromatic nitrogens is 1. The first kappa shape index (κ1) is 20.6. The number of nitrogens with zero attached hydrogens (tertiary/aromatic N) is 2. The summed E-state index contributed by atoms with van der Waals surface area (Å²) in [5, 5.41) is 6.94. The number of fused-ring (bicyclic) bond motifs is 1. The second kappa shape index (κ2) is 8.98. The van der Waals surface area contributed by atoms with Gasteiger partial charge >= 0.3 is 0 Å². The van der Waals surface area contributed by atoms with Crippen molar-refractivity contribution in [2.24, 2.45) is 4.99 Å². The lowest BCUT2D eigenvalue weighted by Crippen LogP contribution is -2.46. The summed E-state index contributed by atoms with van der Waals surface area (Å²) in [5.74, 6) is 3.97. The molecule has 2 aliphatic rings. The van der Waals surface area contributed by atoms with Gasteiger partial charge < -0.3 is 24.5 Å². The number of aliphatic imine (C=N–C) groups is 1. The molecule has 1 fully saturated rings. The molecule has 0 bridgehead atoms. The third kappa shape index (κ3) is 4.40. The van der Waals surface area contributed by atoms with Gasteiger partial charge in [0.25, 0.3) is 0 Å².